The molecule has 0 saturated heterocycles. The minimum absolute atomic E-state index is 0.0229. The molecule has 1 heterocycles. The van der Waals surface area contributed by atoms with Crippen molar-refractivity contribution < 1.29 is 24.4 Å². The Morgan fingerprint density at radius 3 is 2.50 bits per heavy atom. The van der Waals surface area contributed by atoms with Crippen LogP contribution in [0.25, 0.3) is 10.9 Å². The molecule has 0 saturated carbocycles. The van der Waals surface area contributed by atoms with Crippen LogP contribution in [0, 0.1) is 10.1 Å². The van der Waals surface area contributed by atoms with Crippen LogP contribution >= 0.6 is 0 Å². The number of non-ortho nitro benzene ring substituents is 1. The lowest BCUT2D eigenvalue weighted by Gasteiger charge is -2.04. The van der Waals surface area contributed by atoms with Crippen LogP contribution in [-0.4, -0.2) is 33.6 Å². The number of para-hydroxylation sites is 1. The van der Waals surface area contributed by atoms with Gasteiger partial charge in [-0.15, -0.1) is 10.2 Å². The van der Waals surface area contributed by atoms with Gasteiger partial charge in [-0.2, -0.15) is 0 Å². The number of methoxy groups -OCH3 is 1. The molecular weight excluding hydrogens is 368 g/mol. The molecule has 3 rings (SSSR count). The number of azo groups is 1. The number of esters is 1. The molecule has 10 nitrogen and oxygen atoms in total. The molecule has 1 aromatic heterocycles. The van der Waals surface area contributed by atoms with Gasteiger partial charge in [0.25, 0.3) is 11.6 Å². The number of hydrogen-bond acceptors (Lipinski definition) is 7. The lowest BCUT2D eigenvalue weighted by molar-refractivity contribution is -0.384. The third-order valence-corrected chi connectivity index (χ3v) is 4.00. The number of carbonyl (C=O) groups excluding carboxylic acids is 2. The van der Waals surface area contributed by atoms with E-state index < -0.39 is 16.8 Å². The number of nitrogens with zero attached hydrogens (tertiary/aromatic N) is 4. The van der Waals surface area contributed by atoms with Crippen molar-refractivity contribution in [2.24, 2.45) is 10.2 Å². The average Bonchev–Trinajstić information content (AvgIpc) is 2.97. The summed E-state index contributed by atoms with van der Waals surface area (Å²) in [6.07, 6.45) is 0. The van der Waals surface area contributed by atoms with E-state index in [2.05, 4.69) is 15.0 Å². The van der Waals surface area contributed by atoms with Crippen molar-refractivity contribution in [3.05, 3.63) is 64.2 Å². The highest BCUT2D eigenvalue weighted by molar-refractivity contribution is 5.97. The second-order valence-electron chi connectivity index (χ2n) is 5.66. The highest BCUT2D eigenvalue weighted by atomic mass is 16.6. The smallest absolute Gasteiger partial charge is 0.325 e. The lowest BCUT2D eigenvalue weighted by atomic mass is 10.2. The van der Waals surface area contributed by atoms with Gasteiger partial charge < -0.3 is 9.84 Å². The molecule has 1 N–H and O–H groups in total. The average molecular weight is 382 g/mol. The summed E-state index contributed by atoms with van der Waals surface area (Å²) in [6, 6.07) is 11.7. The Kier molecular flexibility index (Phi) is 5.12. The van der Waals surface area contributed by atoms with Gasteiger partial charge in [-0.25, -0.2) is 0 Å². The molecule has 1 amide bonds. The standard InChI is InChI=1S/C18H14N4O6/c1-28-15(23)10-21-14-5-3-2-4-13(14)16(18(21)25)19-20-17(24)11-6-8-12(9-7-11)22(26)27/h2-9,25H,10H2,1H3. The molecule has 0 aliphatic rings. The number of aromatic hydroxyl groups is 1. The highest BCUT2D eigenvalue weighted by Crippen LogP contribution is 2.38. The van der Waals surface area contributed by atoms with Gasteiger partial charge in [-0.3, -0.25) is 24.3 Å². The molecule has 0 fully saturated rings. The zero-order valence-electron chi connectivity index (χ0n) is 14.6. The molecule has 28 heavy (non-hydrogen) atoms. The Bertz CT molecular complexity index is 1100. The number of carbonyl (C=O) groups is 2. The Balaban J connectivity index is 1.95. The van der Waals surface area contributed by atoms with Crippen LogP contribution in [0.3, 0.4) is 0 Å². The van der Waals surface area contributed by atoms with Crippen LogP contribution in [0.15, 0.2) is 58.8 Å². The Hall–Kier alpha value is -4.08. The monoisotopic (exact) mass is 382 g/mol. The van der Waals surface area contributed by atoms with E-state index in [1.165, 1.54) is 35.9 Å². The van der Waals surface area contributed by atoms with Crippen molar-refractivity contribution in [1.82, 2.24) is 4.57 Å². The fraction of sp³-hybridized carbons (Fsp3) is 0.111. The van der Waals surface area contributed by atoms with Gasteiger partial charge in [0.2, 0.25) is 5.88 Å². The molecule has 0 aliphatic heterocycles. The predicted molar refractivity (Wildman–Crippen MR) is 97.6 cm³/mol. The molecule has 0 radical (unpaired) electrons. The van der Waals surface area contributed by atoms with Crippen LogP contribution in [-0.2, 0) is 16.1 Å². The Morgan fingerprint density at radius 1 is 1.18 bits per heavy atom. The maximum absolute atomic E-state index is 12.2. The van der Waals surface area contributed by atoms with E-state index in [0.29, 0.717) is 10.9 Å². The van der Waals surface area contributed by atoms with E-state index in [1.54, 1.807) is 24.3 Å². The lowest BCUT2D eigenvalue weighted by Crippen LogP contribution is -2.10. The predicted octanol–water partition coefficient (Wildman–Crippen LogP) is 3.35. The van der Waals surface area contributed by atoms with Gasteiger partial charge in [-0.05, 0) is 18.2 Å². The number of amides is 1. The molecule has 0 atom stereocenters. The van der Waals surface area contributed by atoms with E-state index in [0.717, 1.165) is 0 Å². The van der Waals surface area contributed by atoms with Crippen molar-refractivity contribution in [2.45, 2.75) is 6.54 Å². The number of nitro groups is 1. The van der Waals surface area contributed by atoms with Gasteiger partial charge in [0, 0.05) is 23.1 Å². The molecule has 0 aliphatic carbocycles. The van der Waals surface area contributed by atoms with Crippen molar-refractivity contribution in [2.75, 3.05) is 7.11 Å². The fourth-order valence-electron chi connectivity index (χ4n) is 2.60. The van der Waals surface area contributed by atoms with Crippen molar-refractivity contribution >= 4 is 34.2 Å². The van der Waals surface area contributed by atoms with Crippen molar-refractivity contribution in [1.29, 1.82) is 0 Å². The molecule has 142 valence electrons. The van der Waals surface area contributed by atoms with Gasteiger partial charge in [0.15, 0.2) is 5.69 Å². The SMILES string of the molecule is COC(=O)Cn1c(O)c(N=NC(=O)c2ccc([N+](=O)[O-])cc2)c2ccccc21. The normalized spacial score (nSPS) is 11.0. The third-order valence-electron chi connectivity index (χ3n) is 4.00. The van der Waals surface area contributed by atoms with E-state index in [4.69, 9.17) is 0 Å². The Labute approximate surface area is 157 Å². The first-order valence-electron chi connectivity index (χ1n) is 8.00. The summed E-state index contributed by atoms with van der Waals surface area (Å²) in [6.45, 7) is -0.241. The van der Waals surface area contributed by atoms with Gasteiger partial charge >= 0.3 is 5.97 Å². The zero-order valence-corrected chi connectivity index (χ0v) is 14.6. The first-order chi connectivity index (χ1) is 13.4. The first kappa shape index (κ1) is 18.7. The second kappa shape index (κ2) is 7.66. The summed E-state index contributed by atoms with van der Waals surface area (Å²) in [4.78, 5) is 33.9. The summed E-state index contributed by atoms with van der Waals surface area (Å²) in [5.74, 6) is -1.65. The summed E-state index contributed by atoms with van der Waals surface area (Å²) < 4.78 is 5.92. The molecule has 0 bridgehead atoms. The number of fused-ring (bicyclic) bond motifs is 1. The molecule has 0 spiro atoms. The highest BCUT2D eigenvalue weighted by Gasteiger charge is 2.19. The molecule has 10 heteroatoms. The van der Waals surface area contributed by atoms with E-state index in [-0.39, 0.29) is 29.4 Å². The van der Waals surface area contributed by atoms with E-state index >= 15 is 0 Å². The summed E-state index contributed by atoms with van der Waals surface area (Å²) in [5.41, 5.74) is 0.487. The quantitative estimate of drug-likeness (QED) is 0.311. The van der Waals surface area contributed by atoms with Crippen LogP contribution in [0.1, 0.15) is 10.4 Å². The van der Waals surface area contributed by atoms with E-state index in [9.17, 15) is 24.8 Å². The van der Waals surface area contributed by atoms with E-state index in [1.807, 2.05) is 0 Å². The van der Waals surface area contributed by atoms with Crippen LogP contribution in [0.4, 0.5) is 11.4 Å². The second-order valence-corrected chi connectivity index (χ2v) is 5.66. The van der Waals surface area contributed by atoms with Gasteiger partial charge in [-0.1, -0.05) is 18.2 Å². The molecule has 0 unspecified atom stereocenters. The zero-order chi connectivity index (χ0) is 20.3. The van der Waals surface area contributed by atoms with Crippen LogP contribution < -0.4 is 0 Å². The van der Waals surface area contributed by atoms with Crippen LogP contribution in [0.2, 0.25) is 0 Å². The molecular formula is C18H14N4O6. The fourth-order valence-corrected chi connectivity index (χ4v) is 2.60. The van der Waals surface area contributed by atoms with Gasteiger partial charge in [0.1, 0.15) is 6.54 Å². The number of rotatable bonds is 5. The third kappa shape index (κ3) is 3.56. The number of aromatic nitrogens is 1. The largest absolute Gasteiger partial charge is 0.493 e. The molecule has 2 aromatic carbocycles. The van der Waals surface area contributed by atoms with Crippen LogP contribution in [0.5, 0.6) is 5.88 Å². The topological polar surface area (TPSA) is 136 Å². The minimum Gasteiger partial charge on any atom is -0.493 e. The number of hydrogen-bond donors (Lipinski definition) is 1. The summed E-state index contributed by atoms with van der Waals surface area (Å²) in [5, 5.41) is 29.0. The maximum atomic E-state index is 12.2. The number of benzene rings is 2. The minimum atomic E-state index is -0.737. The maximum Gasteiger partial charge on any atom is 0.325 e. The van der Waals surface area contributed by atoms with Crippen molar-refractivity contribution in [3.8, 4) is 5.88 Å². The van der Waals surface area contributed by atoms with Gasteiger partial charge in [0.05, 0.1) is 17.5 Å². The van der Waals surface area contributed by atoms with Crippen molar-refractivity contribution in [3.63, 3.8) is 0 Å². The summed E-state index contributed by atoms with van der Waals surface area (Å²) >= 11 is 0. The number of nitro benzene ring substituents is 1. The summed E-state index contributed by atoms with van der Waals surface area (Å²) in [7, 11) is 1.23. The first-order valence-corrected chi connectivity index (χ1v) is 8.00. The number of ether oxygens (including phenoxy) is 1. The molecule has 3 aromatic rings. The Morgan fingerprint density at radius 2 is 1.86 bits per heavy atom.